The van der Waals surface area contributed by atoms with Crippen molar-refractivity contribution in [1.82, 2.24) is 0 Å². The summed E-state index contributed by atoms with van der Waals surface area (Å²) in [4.78, 5) is 12.5. The Kier molecular flexibility index (Phi) is 6.17. The first-order valence-electron chi connectivity index (χ1n) is 9.00. The maximum Gasteiger partial charge on any atom is 0.332 e. The van der Waals surface area contributed by atoms with Crippen LogP contribution in [0.5, 0.6) is 5.75 Å². The average Bonchev–Trinajstić information content (AvgIpc) is 2.70. The standard InChI is InChI=1S/C22H19F2NO4S/c1-15-7-6-8-16(2)22(15)29-21(26)14-25(20-12-11-17(23)13-19(20)24)30(27,28)18-9-4-3-5-10-18/h3-13H,14H2,1-2H3. The van der Waals surface area contributed by atoms with Crippen molar-refractivity contribution >= 4 is 21.7 Å². The van der Waals surface area contributed by atoms with Crippen LogP contribution in [0.25, 0.3) is 0 Å². The van der Waals surface area contributed by atoms with Gasteiger partial charge in [-0.2, -0.15) is 0 Å². The van der Waals surface area contributed by atoms with Crippen LogP contribution in [-0.4, -0.2) is 20.9 Å². The Balaban J connectivity index is 2.01. The van der Waals surface area contributed by atoms with Gasteiger partial charge >= 0.3 is 5.97 Å². The van der Waals surface area contributed by atoms with Crippen LogP contribution >= 0.6 is 0 Å². The van der Waals surface area contributed by atoms with Crippen molar-refractivity contribution in [2.45, 2.75) is 18.7 Å². The number of para-hydroxylation sites is 1. The zero-order valence-corrected chi connectivity index (χ0v) is 17.1. The first-order chi connectivity index (χ1) is 14.2. The van der Waals surface area contributed by atoms with Crippen LogP contribution in [0.1, 0.15) is 11.1 Å². The number of carbonyl (C=O) groups excluding carboxylic acids is 1. The van der Waals surface area contributed by atoms with Crippen LogP contribution in [0, 0.1) is 25.5 Å². The predicted octanol–water partition coefficient (Wildman–Crippen LogP) is 4.38. The van der Waals surface area contributed by atoms with Gasteiger partial charge in [-0.15, -0.1) is 0 Å². The van der Waals surface area contributed by atoms with Gasteiger partial charge in [-0.3, -0.25) is 4.31 Å². The van der Waals surface area contributed by atoms with Gasteiger partial charge in [0.15, 0.2) is 0 Å². The van der Waals surface area contributed by atoms with Gasteiger partial charge in [0.2, 0.25) is 0 Å². The Hall–Kier alpha value is -3.26. The van der Waals surface area contributed by atoms with Crippen molar-refractivity contribution in [2.24, 2.45) is 0 Å². The van der Waals surface area contributed by atoms with Gasteiger partial charge < -0.3 is 4.74 Å². The number of sulfonamides is 1. The third kappa shape index (κ3) is 4.49. The SMILES string of the molecule is Cc1cccc(C)c1OC(=O)CN(c1ccc(F)cc1F)S(=O)(=O)c1ccccc1. The van der Waals surface area contributed by atoms with Gasteiger partial charge in [0.1, 0.15) is 23.9 Å². The zero-order valence-electron chi connectivity index (χ0n) is 16.3. The molecule has 0 aliphatic carbocycles. The first-order valence-corrected chi connectivity index (χ1v) is 10.4. The molecule has 0 spiro atoms. The highest BCUT2D eigenvalue weighted by atomic mass is 32.2. The normalized spacial score (nSPS) is 11.2. The fourth-order valence-electron chi connectivity index (χ4n) is 2.93. The number of ether oxygens (including phenoxy) is 1. The van der Waals surface area contributed by atoms with Crippen LogP contribution in [0.4, 0.5) is 14.5 Å². The van der Waals surface area contributed by atoms with Gasteiger partial charge in [-0.25, -0.2) is 22.0 Å². The number of hydrogen-bond acceptors (Lipinski definition) is 4. The molecule has 0 atom stereocenters. The van der Waals surface area contributed by atoms with Gasteiger partial charge in [0, 0.05) is 6.07 Å². The lowest BCUT2D eigenvalue weighted by Gasteiger charge is -2.24. The molecule has 8 heteroatoms. The Morgan fingerprint density at radius 2 is 1.57 bits per heavy atom. The maximum absolute atomic E-state index is 14.5. The average molecular weight is 431 g/mol. The summed E-state index contributed by atoms with van der Waals surface area (Å²) in [6.45, 7) is 2.69. The lowest BCUT2D eigenvalue weighted by molar-refractivity contribution is -0.132. The largest absolute Gasteiger partial charge is 0.425 e. The molecule has 0 aromatic heterocycles. The molecular weight excluding hydrogens is 412 g/mol. The number of carbonyl (C=O) groups is 1. The zero-order chi connectivity index (χ0) is 21.9. The Bertz CT molecular complexity index is 1160. The number of nitrogens with zero attached hydrogens (tertiary/aromatic N) is 1. The second-order valence-electron chi connectivity index (χ2n) is 6.62. The van der Waals surface area contributed by atoms with Crippen LogP contribution < -0.4 is 9.04 Å². The van der Waals surface area contributed by atoms with E-state index >= 15 is 0 Å². The molecule has 0 unspecified atom stereocenters. The van der Waals surface area contributed by atoms with Crippen molar-refractivity contribution in [2.75, 3.05) is 10.8 Å². The molecule has 0 N–H and O–H groups in total. The number of anilines is 1. The van der Waals surface area contributed by atoms with E-state index in [-0.39, 0.29) is 4.90 Å². The monoisotopic (exact) mass is 431 g/mol. The fraction of sp³-hybridized carbons (Fsp3) is 0.136. The molecule has 0 heterocycles. The quantitative estimate of drug-likeness (QED) is 0.429. The maximum atomic E-state index is 14.5. The molecule has 5 nitrogen and oxygen atoms in total. The molecule has 0 aliphatic rings. The highest BCUT2D eigenvalue weighted by Crippen LogP contribution is 2.28. The lowest BCUT2D eigenvalue weighted by Crippen LogP contribution is -2.38. The van der Waals surface area contributed by atoms with Crippen molar-refractivity contribution in [3.63, 3.8) is 0 Å². The van der Waals surface area contributed by atoms with Gasteiger partial charge in [0.25, 0.3) is 10.0 Å². The highest BCUT2D eigenvalue weighted by molar-refractivity contribution is 7.92. The number of benzene rings is 3. The van der Waals surface area contributed by atoms with E-state index in [1.165, 1.54) is 24.3 Å². The topological polar surface area (TPSA) is 63.7 Å². The summed E-state index contributed by atoms with van der Waals surface area (Å²) >= 11 is 0. The molecular formula is C22H19F2NO4S. The first kappa shape index (κ1) is 21.4. The minimum absolute atomic E-state index is 0.145. The summed E-state index contributed by atoms with van der Waals surface area (Å²) in [5, 5.41) is 0. The Morgan fingerprint density at radius 3 is 2.17 bits per heavy atom. The number of aryl methyl sites for hydroxylation is 2. The van der Waals surface area contributed by atoms with Crippen molar-refractivity contribution in [3.8, 4) is 5.75 Å². The second-order valence-corrected chi connectivity index (χ2v) is 8.48. The summed E-state index contributed by atoms with van der Waals surface area (Å²) in [6.07, 6.45) is 0. The molecule has 3 aromatic rings. The van der Waals surface area contributed by atoms with E-state index < -0.39 is 39.9 Å². The predicted molar refractivity (Wildman–Crippen MR) is 109 cm³/mol. The van der Waals surface area contributed by atoms with E-state index in [0.29, 0.717) is 27.2 Å². The minimum atomic E-state index is -4.33. The lowest BCUT2D eigenvalue weighted by atomic mass is 10.1. The molecule has 3 aromatic carbocycles. The van der Waals surface area contributed by atoms with E-state index in [4.69, 9.17) is 4.74 Å². The van der Waals surface area contributed by atoms with Crippen LogP contribution in [-0.2, 0) is 14.8 Å². The van der Waals surface area contributed by atoms with Crippen LogP contribution in [0.15, 0.2) is 71.6 Å². The van der Waals surface area contributed by atoms with E-state index in [0.717, 1.165) is 12.1 Å². The van der Waals surface area contributed by atoms with Crippen molar-refractivity contribution in [3.05, 3.63) is 89.5 Å². The van der Waals surface area contributed by atoms with Crippen molar-refractivity contribution in [1.29, 1.82) is 0 Å². The molecule has 3 rings (SSSR count). The number of rotatable bonds is 6. The summed E-state index contributed by atoms with van der Waals surface area (Å²) in [5.74, 6) is -2.59. The van der Waals surface area contributed by atoms with Crippen molar-refractivity contribution < 1.29 is 26.7 Å². The summed E-state index contributed by atoms with van der Waals surface area (Å²) in [6, 6.07) is 15.0. The molecule has 0 fully saturated rings. The van der Waals surface area contributed by atoms with E-state index in [2.05, 4.69) is 0 Å². The molecule has 0 aliphatic heterocycles. The smallest absolute Gasteiger partial charge is 0.332 e. The third-order valence-electron chi connectivity index (χ3n) is 4.41. The second kappa shape index (κ2) is 8.62. The molecule has 0 saturated heterocycles. The molecule has 0 bridgehead atoms. The minimum Gasteiger partial charge on any atom is -0.425 e. The molecule has 0 saturated carbocycles. The number of esters is 1. The summed E-state index contributed by atoms with van der Waals surface area (Å²) in [7, 11) is -4.33. The van der Waals surface area contributed by atoms with Gasteiger partial charge in [0.05, 0.1) is 10.6 Å². The van der Waals surface area contributed by atoms with Crippen LogP contribution in [0.2, 0.25) is 0 Å². The molecule has 156 valence electrons. The van der Waals surface area contributed by atoms with Gasteiger partial charge in [-0.05, 0) is 49.2 Å². The van der Waals surface area contributed by atoms with E-state index in [1.54, 1.807) is 38.1 Å². The molecule has 0 amide bonds. The van der Waals surface area contributed by atoms with Crippen LogP contribution in [0.3, 0.4) is 0 Å². The van der Waals surface area contributed by atoms with E-state index in [9.17, 15) is 22.0 Å². The molecule has 30 heavy (non-hydrogen) atoms. The third-order valence-corrected chi connectivity index (χ3v) is 6.18. The highest BCUT2D eigenvalue weighted by Gasteiger charge is 2.30. The number of halogens is 2. The fourth-order valence-corrected chi connectivity index (χ4v) is 4.36. The summed E-state index contributed by atoms with van der Waals surface area (Å²) in [5.41, 5.74) is 0.918. The number of hydrogen-bond donors (Lipinski definition) is 0. The molecule has 0 radical (unpaired) electrons. The Labute approximate surface area is 173 Å². The van der Waals surface area contributed by atoms with Gasteiger partial charge in [-0.1, -0.05) is 36.4 Å². The van der Waals surface area contributed by atoms with E-state index in [1.807, 2.05) is 0 Å². The Morgan fingerprint density at radius 1 is 0.933 bits per heavy atom. The summed E-state index contributed by atoms with van der Waals surface area (Å²) < 4.78 is 60.1.